The van der Waals surface area contributed by atoms with Crippen LogP contribution in [0.1, 0.15) is 28.5 Å². The molecule has 0 radical (unpaired) electrons. The minimum absolute atomic E-state index is 0.298. The van der Waals surface area contributed by atoms with Crippen LogP contribution in [0.15, 0.2) is 65.7 Å². The predicted molar refractivity (Wildman–Crippen MR) is 119 cm³/mol. The highest BCUT2D eigenvalue weighted by atomic mass is 32.1. The van der Waals surface area contributed by atoms with Crippen molar-refractivity contribution >= 4 is 40.1 Å². The molecule has 2 amide bonds. The van der Waals surface area contributed by atoms with Crippen LogP contribution in [0.3, 0.4) is 0 Å². The zero-order valence-electron chi connectivity index (χ0n) is 16.7. The van der Waals surface area contributed by atoms with Crippen LogP contribution < -0.4 is 10.2 Å². The van der Waals surface area contributed by atoms with Gasteiger partial charge in [-0.15, -0.1) is 11.3 Å². The summed E-state index contributed by atoms with van der Waals surface area (Å²) in [7, 11) is 0. The smallest absolute Gasteiger partial charge is 0.282 e. The van der Waals surface area contributed by atoms with Crippen molar-refractivity contribution in [3.63, 3.8) is 0 Å². The maximum absolute atomic E-state index is 13.3. The second-order valence-corrected chi connectivity index (χ2v) is 8.14. The number of anilines is 2. The number of thiophene rings is 1. The standard InChI is InChI=1S/C24H22N2O2S/c1-4-17-7-9-19(10-8-17)26-23(27)21(20-6-5-11-29-20)22(24(26)28)25-18-13-15(2)12-16(3)14-18/h5-14,25H,4H2,1-3H3. The third-order valence-electron chi connectivity index (χ3n) is 4.95. The first-order valence-electron chi connectivity index (χ1n) is 9.59. The first-order valence-corrected chi connectivity index (χ1v) is 10.5. The molecule has 5 heteroatoms. The summed E-state index contributed by atoms with van der Waals surface area (Å²) in [5, 5.41) is 5.15. The molecule has 0 spiro atoms. The van der Waals surface area contributed by atoms with Gasteiger partial charge in [0.15, 0.2) is 0 Å². The molecule has 2 aromatic carbocycles. The maximum atomic E-state index is 13.3. The molecule has 4 rings (SSSR count). The van der Waals surface area contributed by atoms with Gasteiger partial charge in [-0.25, -0.2) is 4.90 Å². The van der Waals surface area contributed by atoms with Gasteiger partial charge in [0.1, 0.15) is 5.70 Å². The summed E-state index contributed by atoms with van der Waals surface area (Å²) in [5.74, 6) is -0.629. The lowest BCUT2D eigenvalue weighted by molar-refractivity contribution is -0.120. The molecule has 1 aliphatic rings. The third-order valence-corrected chi connectivity index (χ3v) is 5.83. The molecular weight excluding hydrogens is 380 g/mol. The minimum atomic E-state index is -0.332. The molecule has 29 heavy (non-hydrogen) atoms. The Labute approximate surface area is 174 Å². The molecule has 0 aliphatic carbocycles. The zero-order valence-corrected chi connectivity index (χ0v) is 17.5. The van der Waals surface area contributed by atoms with Crippen molar-refractivity contribution in [2.45, 2.75) is 27.2 Å². The molecule has 2 heterocycles. The predicted octanol–water partition coefficient (Wildman–Crippen LogP) is 5.32. The van der Waals surface area contributed by atoms with E-state index in [1.54, 1.807) is 0 Å². The summed E-state index contributed by atoms with van der Waals surface area (Å²) in [5.41, 5.74) is 5.47. The van der Waals surface area contributed by atoms with Crippen molar-refractivity contribution in [3.05, 3.63) is 87.2 Å². The highest BCUT2D eigenvalue weighted by molar-refractivity contribution is 7.11. The topological polar surface area (TPSA) is 49.4 Å². The molecule has 3 aromatic rings. The van der Waals surface area contributed by atoms with Crippen molar-refractivity contribution in [3.8, 4) is 0 Å². The van der Waals surface area contributed by atoms with E-state index in [1.165, 1.54) is 16.2 Å². The van der Waals surface area contributed by atoms with E-state index in [4.69, 9.17) is 0 Å². The van der Waals surface area contributed by atoms with Crippen molar-refractivity contribution in [2.75, 3.05) is 10.2 Å². The van der Waals surface area contributed by atoms with Gasteiger partial charge >= 0.3 is 0 Å². The van der Waals surface area contributed by atoms with Crippen molar-refractivity contribution in [1.82, 2.24) is 0 Å². The van der Waals surface area contributed by atoms with Crippen LogP contribution in [0.2, 0.25) is 0 Å². The summed E-state index contributed by atoms with van der Waals surface area (Å²) in [6, 6.07) is 17.4. The van der Waals surface area contributed by atoms with Gasteiger partial charge in [-0.1, -0.05) is 31.2 Å². The second-order valence-electron chi connectivity index (χ2n) is 7.19. The molecule has 1 N–H and O–H groups in total. The van der Waals surface area contributed by atoms with Gasteiger partial charge in [0.2, 0.25) is 0 Å². The van der Waals surface area contributed by atoms with E-state index in [9.17, 15) is 9.59 Å². The Balaban J connectivity index is 1.78. The molecule has 1 aromatic heterocycles. The van der Waals surface area contributed by atoms with E-state index < -0.39 is 0 Å². The summed E-state index contributed by atoms with van der Waals surface area (Å²) >= 11 is 1.45. The molecular formula is C24H22N2O2S. The Morgan fingerprint density at radius 1 is 0.931 bits per heavy atom. The number of nitrogens with zero attached hydrogens (tertiary/aromatic N) is 1. The second kappa shape index (κ2) is 7.68. The van der Waals surface area contributed by atoms with Crippen LogP contribution in [0.4, 0.5) is 11.4 Å². The molecule has 0 bridgehead atoms. The molecule has 0 atom stereocenters. The fourth-order valence-corrected chi connectivity index (χ4v) is 4.37. The number of imide groups is 1. The van der Waals surface area contributed by atoms with E-state index in [1.807, 2.05) is 67.8 Å². The van der Waals surface area contributed by atoms with Crippen molar-refractivity contribution < 1.29 is 9.59 Å². The highest BCUT2D eigenvalue weighted by Gasteiger charge is 2.40. The molecule has 0 fully saturated rings. The molecule has 146 valence electrons. The van der Waals surface area contributed by atoms with E-state index >= 15 is 0 Å². The lowest BCUT2D eigenvalue weighted by Crippen LogP contribution is -2.32. The Morgan fingerprint density at radius 3 is 2.21 bits per heavy atom. The lowest BCUT2D eigenvalue weighted by atomic mass is 10.1. The van der Waals surface area contributed by atoms with Crippen LogP contribution in [-0.4, -0.2) is 11.8 Å². The number of benzene rings is 2. The van der Waals surface area contributed by atoms with E-state index in [2.05, 4.69) is 18.3 Å². The Morgan fingerprint density at radius 2 is 1.62 bits per heavy atom. The Hall–Kier alpha value is -3.18. The number of aryl methyl sites for hydroxylation is 3. The van der Waals surface area contributed by atoms with Crippen LogP contribution in [-0.2, 0) is 16.0 Å². The Kier molecular flexibility index (Phi) is 5.07. The average molecular weight is 403 g/mol. The van der Waals surface area contributed by atoms with E-state index in [0.717, 1.165) is 33.7 Å². The first kappa shape index (κ1) is 19.2. The molecule has 4 nitrogen and oxygen atoms in total. The number of hydrogen-bond acceptors (Lipinski definition) is 4. The average Bonchev–Trinajstić information content (AvgIpc) is 3.28. The molecule has 0 unspecified atom stereocenters. The van der Waals surface area contributed by atoms with Gasteiger partial charge < -0.3 is 5.32 Å². The monoisotopic (exact) mass is 402 g/mol. The van der Waals surface area contributed by atoms with Crippen LogP contribution in [0, 0.1) is 13.8 Å². The highest BCUT2D eigenvalue weighted by Crippen LogP contribution is 2.35. The summed E-state index contributed by atoms with van der Waals surface area (Å²) in [4.78, 5) is 28.7. The van der Waals surface area contributed by atoms with E-state index in [-0.39, 0.29) is 11.8 Å². The lowest BCUT2D eigenvalue weighted by Gasteiger charge is -2.16. The summed E-state index contributed by atoms with van der Waals surface area (Å²) in [6.45, 7) is 6.09. The number of nitrogens with one attached hydrogen (secondary N) is 1. The van der Waals surface area contributed by atoms with Crippen LogP contribution in [0.5, 0.6) is 0 Å². The fraction of sp³-hybridized carbons (Fsp3) is 0.167. The van der Waals surface area contributed by atoms with Gasteiger partial charge in [0.25, 0.3) is 11.8 Å². The van der Waals surface area contributed by atoms with Gasteiger partial charge in [-0.2, -0.15) is 0 Å². The van der Waals surface area contributed by atoms with Crippen LogP contribution >= 0.6 is 11.3 Å². The zero-order chi connectivity index (χ0) is 20.5. The van der Waals surface area contributed by atoms with Crippen molar-refractivity contribution in [2.24, 2.45) is 0 Å². The number of carbonyl (C=O) groups excluding carboxylic acids is 2. The van der Waals surface area contributed by atoms with E-state index in [0.29, 0.717) is 17.0 Å². The molecule has 0 saturated carbocycles. The number of carbonyl (C=O) groups is 2. The largest absolute Gasteiger partial charge is 0.350 e. The summed E-state index contributed by atoms with van der Waals surface area (Å²) in [6.07, 6.45) is 0.903. The number of hydrogen-bond donors (Lipinski definition) is 1. The van der Waals surface area contributed by atoms with Crippen molar-refractivity contribution in [1.29, 1.82) is 0 Å². The van der Waals surface area contributed by atoms with Gasteiger partial charge in [0.05, 0.1) is 11.3 Å². The first-order chi connectivity index (χ1) is 14.0. The molecule has 0 saturated heterocycles. The van der Waals surface area contributed by atoms with Gasteiger partial charge in [0, 0.05) is 10.6 Å². The normalized spacial score (nSPS) is 14.1. The maximum Gasteiger partial charge on any atom is 0.282 e. The number of rotatable bonds is 5. The van der Waals surface area contributed by atoms with Crippen LogP contribution in [0.25, 0.3) is 5.57 Å². The van der Waals surface area contributed by atoms with Gasteiger partial charge in [-0.3, -0.25) is 9.59 Å². The Bertz CT molecular complexity index is 1090. The SMILES string of the molecule is CCc1ccc(N2C(=O)C(Nc3cc(C)cc(C)c3)=C(c3cccs3)C2=O)cc1. The molecule has 1 aliphatic heterocycles. The quantitative estimate of drug-likeness (QED) is 0.587. The van der Waals surface area contributed by atoms with Gasteiger partial charge in [-0.05, 0) is 72.7 Å². The summed E-state index contributed by atoms with van der Waals surface area (Å²) < 4.78 is 0. The number of amides is 2. The third kappa shape index (κ3) is 3.61. The fourth-order valence-electron chi connectivity index (χ4n) is 3.60. The minimum Gasteiger partial charge on any atom is -0.350 e.